The number of hydrogen-bond acceptors (Lipinski definition) is 5. The van der Waals surface area contributed by atoms with Crippen molar-refractivity contribution in [2.45, 2.75) is 0 Å². The van der Waals surface area contributed by atoms with Crippen LogP contribution in [0.5, 0.6) is 0 Å². The number of halogens is 1. The summed E-state index contributed by atoms with van der Waals surface area (Å²) in [6, 6.07) is 11.5. The minimum atomic E-state index is -0.110. The Morgan fingerprint density at radius 2 is 2.05 bits per heavy atom. The number of hydrazone groups is 1. The van der Waals surface area contributed by atoms with E-state index in [1.807, 2.05) is 30.3 Å². The molecule has 1 aliphatic rings. The molecule has 1 saturated heterocycles. The molecule has 3 rings (SSSR count). The van der Waals surface area contributed by atoms with Gasteiger partial charge in [0.15, 0.2) is 4.32 Å². The van der Waals surface area contributed by atoms with Crippen molar-refractivity contribution in [1.82, 2.24) is 5.01 Å². The fourth-order valence-corrected chi connectivity index (χ4v) is 3.00. The maximum atomic E-state index is 11.5. The van der Waals surface area contributed by atoms with Crippen molar-refractivity contribution >= 4 is 56.4 Å². The van der Waals surface area contributed by atoms with Crippen LogP contribution in [0.2, 0.25) is 0 Å². The summed E-state index contributed by atoms with van der Waals surface area (Å²) in [5, 5.41) is 5.30. The van der Waals surface area contributed by atoms with Gasteiger partial charge < -0.3 is 4.42 Å². The summed E-state index contributed by atoms with van der Waals surface area (Å²) in [6.45, 7) is 0. The molecule has 1 fully saturated rings. The third-order valence-corrected chi connectivity index (χ3v) is 4.65. The summed E-state index contributed by atoms with van der Waals surface area (Å²) >= 11 is 9.75. The van der Waals surface area contributed by atoms with Gasteiger partial charge in [-0.3, -0.25) is 4.79 Å². The number of benzene rings is 1. The summed E-state index contributed by atoms with van der Waals surface area (Å²) in [6.07, 6.45) is 1.50. The van der Waals surface area contributed by atoms with E-state index in [0.717, 1.165) is 15.8 Å². The first kappa shape index (κ1) is 14.5. The highest BCUT2D eigenvalue weighted by Crippen LogP contribution is 2.24. The van der Waals surface area contributed by atoms with Crippen LogP contribution in [0, 0.1) is 0 Å². The van der Waals surface area contributed by atoms with E-state index >= 15 is 0 Å². The summed E-state index contributed by atoms with van der Waals surface area (Å²) in [5.74, 6) is 1.55. The largest absolute Gasteiger partial charge is 0.455 e. The highest BCUT2D eigenvalue weighted by molar-refractivity contribution is 9.10. The molecule has 1 amide bonds. The van der Waals surface area contributed by atoms with Gasteiger partial charge in [0.25, 0.3) is 5.91 Å². The summed E-state index contributed by atoms with van der Waals surface area (Å²) < 4.78 is 7.17. The number of rotatable bonds is 3. The maximum Gasteiger partial charge on any atom is 0.259 e. The van der Waals surface area contributed by atoms with E-state index in [9.17, 15) is 4.79 Å². The number of nitrogens with zero attached hydrogens (tertiary/aromatic N) is 2. The molecule has 0 saturated carbocycles. The zero-order chi connectivity index (χ0) is 14.8. The van der Waals surface area contributed by atoms with Crippen LogP contribution in [0.1, 0.15) is 5.76 Å². The van der Waals surface area contributed by atoms with E-state index in [-0.39, 0.29) is 5.91 Å². The number of carbonyl (C=O) groups is 1. The molecular formula is C14H9BrN2O2S2. The van der Waals surface area contributed by atoms with Gasteiger partial charge in [0.2, 0.25) is 0 Å². The van der Waals surface area contributed by atoms with Gasteiger partial charge >= 0.3 is 0 Å². The van der Waals surface area contributed by atoms with Crippen molar-refractivity contribution in [2.75, 3.05) is 5.75 Å². The fraction of sp³-hybridized carbons (Fsp3) is 0.0714. The van der Waals surface area contributed by atoms with Crippen molar-refractivity contribution in [3.63, 3.8) is 0 Å². The third-order valence-electron chi connectivity index (χ3n) is 2.78. The zero-order valence-corrected chi connectivity index (χ0v) is 13.9. The van der Waals surface area contributed by atoms with E-state index in [2.05, 4.69) is 21.0 Å². The molecule has 1 aliphatic heterocycles. The third kappa shape index (κ3) is 3.25. The maximum absolute atomic E-state index is 11.5. The quantitative estimate of drug-likeness (QED) is 0.598. The minimum Gasteiger partial charge on any atom is -0.455 e. The van der Waals surface area contributed by atoms with Gasteiger partial charge in [0, 0.05) is 10.0 Å². The van der Waals surface area contributed by atoms with Gasteiger partial charge in [0.05, 0.1) is 12.0 Å². The van der Waals surface area contributed by atoms with E-state index in [1.165, 1.54) is 23.0 Å². The molecule has 106 valence electrons. The summed E-state index contributed by atoms with van der Waals surface area (Å²) in [7, 11) is 0. The topological polar surface area (TPSA) is 45.8 Å². The van der Waals surface area contributed by atoms with Gasteiger partial charge in [-0.2, -0.15) is 10.1 Å². The molecule has 0 N–H and O–H groups in total. The van der Waals surface area contributed by atoms with Crippen molar-refractivity contribution in [1.29, 1.82) is 0 Å². The number of thiocarbonyl (C=S) groups is 1. The van der Waals surface area contributed by atoms with Crippen LogP contribution in [-0.2, 0) is 4.79 Å². The predicted molar refractivity (Wildman–Crippen MR) is 91.3 cm³/mol. The molecule has 0 unspecified atom stereocenters. The Hall–Kier alpha value is -1.44. The Labute approximate surface area is 139 Å². The minimum absolute atomic E-state index is 0.110. The highest BCUT2D eigenvalue weighted by Gasteiger charge is 2.26. The molecule has 7 heteroatoms. The molecule has 1 aromatic heterocycles. The Morgan fingerprint density at radius 3 is 2.71 bits per heavy atom. The zero-order valence-electron chi connectivity index (χ0n) is 10.7. The smallest absolute Gasteiger partial charge is 0.259 e. The molecule has 0 spiro atoms. The van der Waals surface area contributed by atoms with Crippen molar-refractivity contribution < 1.29 is 9.21 Å². The standard InChI is InChI=1S/C14H9BrN2O2S2/c15-10-3-1-9(2-4-10)12-6-5-11(19-12)7-16-17-13(18)8-21-14(17)20/h1-7H,8H2/b16-7+. The average Bonchev–Trinajstić information content (AvgIpc) is 3.06. The highest BCUT2D eigenvalue weighted by atomic mass is 79.9. The van der Waals surface area contributed by atoms with E-state index in [0.29, 0.717) is 15.8 Å². The van der Waals surface area contributed by atoms with Crippen LogP contribution in [0.3, 0.4) is 0 Å². The number of furan rings is 1. The molecule has 0 bridgehead atoms. The van der Waals surface area contributed by atoms with Crippen molar-refractivity contribution in [2.24, 2.45) is 5.10 Å². The SMILES string of the molecule is O=C1CSC(=S)N1/N=C/c1ccc(-c2ccc(Br)cc2)o1. The van der Waals surface area contributed by atoms with Gasteiger partial charge in [0.1, 0.15) is 11.5 Å². The van der Waals surface area contributed by atoms with Gasteiger partial charge in [-0.25, -0.2) is 0 Å². The second-order valence-electron chi connectivity index (χ2n) is 4.21. The fourth-order valence-electron chi connectivity index (χ4n) is 1.77. The van der Waals surface area contributed by atoms with Gasteiger partial charge in [-0.1, -0.05) is 52.0 Å². The molecule has 21 heavy (non-hydrogen) atoms. The lowest BCUT2D eigenvalue weighted by molar-refractivity contribution is -0.123. The summed E-state index contributed by atoms with van der Waals surface area (Å²) in [4.78, 5) is 11.5. The normalized spacial score (nSPS) is 15.4. The lowest BCUT2D eigenvalue weighted by Gasteiger charge is -2.05. The molecule has 1 aromatic carbocycles. The molecular weight excluding hydrogens is 372 g/mol. The van der Waals surface area contributed by atoms with Crippen molar-refractivity contribution in [3.05, 3.63) is 46.6 Å². The molecule has 0 radical (unpaired) electrons. The van der Waals surface area contributed by atoms with Crippen LogP contribution < -0.4 is 0 Å². The molecule has 0 atom stereocenters. The number of carbonyl (C=O) groups excluding carboxylic acids is 1. The summed E-state index contributed by atoms with van der Waals surface area (Å²) in [5.41, 5.74) is 0.973. The first-order chi connectivity index (χ1) is 10.1. The van der Waals surface area contributed by atoms with E-state index in [4.69, 9.17) is 16.6 Å². The Kier molecular flexibility index (Phi) is 4.23. The molecule has 4 nitrogen and oxygen atoms in total. The number of thioether (sulfide) groups is 1. The van der Waals surface area contributed by atoms with Crippen LogP contribution >= 0.6 is 39.9 Å². The lowest BCUT2D eigenvalue weighted by atomic mass is 10.2. The second kappa shape index (κ2) is 6.13. The van der Waals surface area contributed by atoms with Gasteiger partial charge in [-0.05, 0) is 24.3 Å². The van der Waals surface area contributed by atoms with E-state index in [1.54, 1.807) is 6.07 Å². The Balaban J connectivity index is 1.77. The number of amides is 1. The van der Waals surface area contributed by atoms with Crippen LogP contribution in [0.15, 0.2) is 50.4 Å². The molecule has 2 heterocycles. The first-order valence-corrected chi connectivity index (χ1v) is 8.21. The molecule has 2 aromatic rings. The van der Waals surface area contributed by atoms with Crippen molar-refractivity contribution in [3.8, 4) is 11.3 Å². The molecule has 0 aliphatic carbocycles. The van der Waals surface area contributed by atoms with Gasteiger partial charge in [-0.15, -0.1) is 0 Å². The monoisotopic (exact) mass is 380 g/mol. The Bertz CT molecular complexity index is 709. The first-order valence-electron chi connectivity index (χ1n) is 6.03. The lowest BCUT2D eigenvalue weighted by Crippen LogP contribution is -2.22. The van der Waals surface area contributed by atoms with Crippen LogP contribution in [0.25, 0.3) is 11.3 Å². The average molecular weight is 381 g/mol. The van der Waals surface area contributed by atoms with E-state index < -0.39 is 0 Å². The van der Waals surface area contributed by atoms with Crippen LogP contribution in [-0.4, -0.2) is 27.2 Å². The second-order valence-corrected chi connectivity index (χ2v) is 6.74. The van der Waals surface area contributed by atoms with Crippen LogP contribution in [0.4, 0.5) is 0 Å². The number of hydrogen-bond donors (Lipinski definition) is 0. The predicted octanol–water partition coefficient (Wildman–Crippen LogP) is 3.90. The Morgan fingerprint density at radius 1 is 1.29 bits per heavy atom.